The molecular weight excluding hydrogens is 488 g/mol. The van der Waals surface area contributed by atoms with Crippen LogP contribution in [-0.4, -0.2) is 115 Å². The van der Waals surface area contributed by atoms with Gasteiger partial charge in [-0.2, -0.15) is 0 Å². The maximum atomic E-state index is 12.0. The number of ether oxygens (including phenoxy) is 3. The molecule has 7 fully saturated rings. The Morgan fingerprint density at radius 3 is 2.41 bits per heavy atom. The molecule has 0 amide bonds. The summed E-state index contributed by atoms with van der Waals surface area (Å²) in [6.45, 7) is 7.37. The molecule has 210 valence electrons. The predicted octanol–water partition coefficient (Wildman–Crippen LogP) is -2.01. The van der Waals surface area contributed by atoms with Crippen LogP contribution in [-0.2, 0) is 14.2 Å². The molecule has 7 aliphatic rings. The molecule has 3 aliphatic heterocycles. The van der Waals surface area contributed by atoms with Gasteiger partial charge < -0.3 is 55.1 Å². The zero-order chi connectivity index (χ0) is 26.9. The second-order valence-corrected chi connectivity index (χ2v) is 13.1. The summed E-state index contributed by atoms with van der Waals surface area (Å²) in [6.07, 6.45) is -10.1. The van der Waals surface area contributed by atoms with Gasteiger partial charge in [0, 0.05) is 17.3 Å². The zero-order valence-corrected chi connectivity index (χ0v) is 21.2. The third-order valence-electron chi connectivity index (χ3n) is 11.1. The molecule has 0 unspecified atom stereocenters. The fourth-order valence-corrected chi connectivity index (χ4v) is 9.64. The van der Waals surface area contributed by atoms with Crippen molar-refractivity contribution in [2.45, 2.75) is 100 Å². The molecule has 0 aromatic heterocycles. The van der Waals surface area contributed by atoms with Gasteiger partial charge in [-0.1, -0.05) is 20.4 Å². The van der Waals surface area contributed by atoms with E-state index >= 15 is 0 Å². The minimum Gasteiger partial charge on any atom is -0.394 e. The van der Waals surface area contributed by atoms with Crippen LogP contribution in [0.1, 0.15) is 39.5 Å². The zero-order valence-electron chi connectivity index (χ0n) is 21.2. The van der Waals surface area contributed by atoms with Crippen LogP contribution in [0.4, 0.5) is 0 Å². The number of rotatable bonds is 3. The lowest BCUT2D eigenvalue weighted by Crippen LogP contribution is -2.85. The summed E-state index contributed by atoms with van der Waals surface area (Å²) in [5, 5.41) is 87.9. The first-order valence-electron chi connectivity index (χ1n) is 13.3. The van der Waals surface area contributed by atoms with Crippen LogP contribution in [0.15, 0.2) is 12.2 Å². The Morgan fingerprint density at radius 2 is 1.73 bits per heavy atom. The summed E-state index contributed by atoms with van der Waals surface area (Å²) < 4.78 is 18.1. The molecule has 4 aliphatic carbocycles. The largest absolute Gasteiger partial charge is 0.394 e. The van der Waals surface area contributed by atoms with Gasteiger partial charge in [0.2, 0.25) is 5.79 Å². The second-order valence-electron chi connectivity index (χ2n) is 13.1. The minimum atomic E-state index is -2.11. The summed E-state index contributed by atoms with van der Waals surface area (Å²) in [7, 11) is 0. The summed E-state index contributed by atoms with van der Waals surface area (Å²) in [5.74, 6) is -3.68. The van der Waals surface area contributed by atoms with Crippen LogP contribution in [0.2, 0.25) is 0 Å². The maximum absolute atomic E-state index is 12.0. The van der Waals surface area contributed by atoms with Crippen molar-refractivity contribution in [2.24, 2.45) is 34.0 Å². The average Bonchev–Trinajstić information content (AvgIpc) is 3.04. The Labute approximate surface area is 215 Å². The molecule has 11 heteroatoms. The van der Waals surface area contributed by atoms with Gasteiger partial charge in [0.1, 0.15) is 30.5 Å². The molecule has 4 saturated carbocycles. The van der Waals surface area contributed by atoms with Gasteiger partial charge in [-0.15, -0.1) is 0 Å². The van der Waals surface area contributed by atoms with E-state index in [1.807, 2.05) is 13.8 Å². The van der Waals surface area contributed by atoms with E-state index in [4.69, 9.17) is 14.2 Å². The maximum Gasteiger partial charge on any atom is 0.201 e. The van der Waals surface area contributed by atoms with Gasteiger partial charge in [-0.25, -0.2) is 0 Å². The SMILES string of the molecule is C=C1[C@@H]2C[C@@H](O)[C@H]3[C@@]45CO[C@](O)([C@@H](O)[C@@H]4C(C)(C)CC[C@@H]5O[C@@H]4O[C@H](CO)[C@@H](O)[C@H](O)[C@H]4O)[C@]3(C2)[C@@H]1O. The van der Waals surface area contributed by atoms with Crippen molar-refractivity contribution in [1.29, 1.82) is 0 Å². The smallest absolute Gasteiger partial charge is 0.201 e. The van der Waals surface area contributed by atoms with E-state index in [9.17, 15) is 40.9 Å². The molecule has 3 saturated heterocycles. The number of fused-ring (bicyclic) bond motifs is 2. The Kier molecular flexibility index (Phi) is 5.86. The van der Waals surface area contributed by atoms with E-state index in [1.165, 1.54) is 0 Å². The van der Waals surface area contributed by atoms with Gasteiger partial charge in [-0.05, 0) is 42.6 Å². The highest BCUT2D eigenvalue weighted by atomic mass is 16.7. The van der Waals surface area contributed by atoms with Crippen LogP contribution >= 0.6 is 0 Å². The quantitative estimate of drug-likeness (QED) is 0.189. The van der Waals surface area contributed by atoms with Gasteiger partial charge in [-0.3, -0.25) is 0 Å². The molecule has 37 heavy (non-hydrogen) atoms. The highest BCUT2D eigenvalue weighted by Crippen LogP contribution is 2.77. The topological polar surface area (TPSA) is 190 Å². The van der Waals surface area contributed by atoms with Gasteiger partial charge in [0.25, 0.3) is 0 Å². The number of hydrogen-bond acceptors (Lipinski definition) is 11. The first-order chi connectivity index (χ1) is 17.3. The van der Waals surface area contributed by atoms with Crippen LogP contribution in [0.25, 0.3) is 0 Å². The van der Waals surface area contributed by atoms with Crippen LogP contribution in [0, 0.1) is 34.0 Å². The first kappa shape index (κ1) is 26.5. The molecular formula is C26H40O11. The van der Waals surface area contributed by atoms with Crippen LogP contribution < -0.4 is 0 Å². The van der Waals surface area contributed by atoms with Crippen LogP contribution in [0.5, 0.6) is 0 Å². The lowest BCUT2D eigenvalue weighted by Gasteiger charge is -2.76. The normalized spacial score (nSPS) is 60.2. The minimum absolute atomic E-state index is 0.0654. The Morgan fingerprint density at radius 1 is 1.03 bits per heavy atom. The van der Waals surface area contributed by atoms with Gasteiger partial charge >= 0.3 is 0 Å². The molecule has 15 atom stereocenters. The number of aliphatic hydroxyl groups excluding tert-OH is 7. The summed E-state index contributed by atoms with van der Waals surface area (Å²) in [6, 6.07) is 0. The molecule has 2 spiro atoms. The Bertz CT molecular complexity index is 957. The molecule has 0 radical (unpaired) electrons. The molecule has 0 aromatic rings. The molecule has 0 aromatic carbocycles. The standard InChI is InChI=1S/C26H40O11/c1-10-11-6-12(28)18-24-9-35-26(34,25(18,7-11)20(10)32)21(33)19(24)23(2,3)5-4-14(24)37-22-17(31)16(30)15(29)13(8-27)36-22/h11-22,27-34H,1,4-9H2,2-3H3/t11-,12-,13-,14+,15-,16+,17-,18+,19-,20-,21+,22+,24+,25+,26-/m1/s1. The Hall–Kier alpha value is -0.700. The summed E-state index contributed by atoms with van der Waals surface area (Å²) >= 11 is 0. The van der Waals surface area contributed by atoms with Crippen molar-refractivity contribution < 1.29 is 55.1 Å². The van der Waals surface area contributed by atoms with E-state index in [2.05, 4.69) is 6.58 Å². The van der Waals surface area contributed by atoms with E-state index in [1.54, 1.807) is 0 Å². The van der Waals surface area contributed by atoms with Crippen molar-refractivity contribution in [1.82, 2.24) is 0 Å². The average molecular weight is 529 g/mol. The van der Waals surface area contributed by atoms with E-state index in [-0.39, 0.29) is 12.5 Å². The summed E-state index contributed by atoms with van der Waals surface area (Å²) in [5.41, 5.74) is -2.51. The molecule has 11 nitrogen and oxygen atoms in total. The van der Waals surface area contributed by atoms with Crippen LogP contribution in [0.3, 0.4) is 0 Å². The highest BCUT2D eigenvalue weighted by molar-refractivity contribution is 5.36. The second kappa shape index (κ2) is 8.17. The van der Waals surface area contributed by atoms with E-state index in [0.29, 0.717) is 31.3 Å². The van der Waals surface area contributed by atoms with Gasteiger partial charge in [0.15, 0.2) is 6.29 Å². The van der Waals surface area contributed by atoms with E-state index in [0.717, 1.165) is 0 Å². The lowest BCUT2D eigenvalue weighted by atomic mass is 9.35. The van der Waals surface area contributed by atoms with Crippen molar-refractivity contribution in [3.8, 4) is 0 Å². The third-order valence-corrected chi connectivity index (χ3v) is 11.1. The third kappa shape index (κ3) is 3.00. The molecule has 7 rings (SSSR count). The van der Waals surface area contributed by atoms with Crippen molar-refractivity contribution in [3.63, 3.8) is 0 Å². The monoisotopic (exact) mass is 528 g/mol. The fraction of sp³-hybridized carbons (Fsp3) is 0.923. The van der Waals surface area contributed by atoms with E-state index < -0.39 is 95.6 Å². The number of aliphatic hydroxyl groups is 8. The summed E-state index contributed by atoms with van der Waals surface area (Å²) in [4.78, 5) is 0. The molecule has 8 N–H and O–H groups in total. The lowest BCUT2D eigenvalue weighted by molar-refractivity contribution is -0.479. The van der Waals surface area contributed by atoms with Crippen molar-refractivity contribution in [3.05, 3.63) is 12.2 Å². The Balaban J connectivity index is 1.47. The first-order valence-corrected chi connectivity index (χ1v) is 13.3. The van der Waals surface area contributed by atoms with Crippen molar-refractivity contribution in [2.75, 3.05) is 13.2 Å². The molecule has 4 bridgehead atoms. The predicted molar refractivity (Wildman–Crippen MR) is 124 cm³/mol. The van der Waals surface area contributed by atoms with Gasteiger partial charge in [0.05, 0.1) is 36.9 Å². The highest BCUT2D eigenvalue weighted by Gasteiger charge is 2.85. The number of hydrogen-bond donors (Lipinski definition) is 8. The fourth-order valence-electron chi connectivity index (χ4n) is 9.64. The van der Waals surface area contributed by atoms with Crippen molar-refractivity contribution >= 4 is 0 Å². The molecule has 3 heterocycles.